The minimum Gasteiger partial charge on any atom is -0.406 e. The van der Waals surface area contributed by atoms with Crippen LogP contribution in [0.4, 0.5) is 13.2 Å². The summed E-state index contributed by atoms with van der Waals surface area (Å²) in [6, 6.07) is 7.28. The van der Waals surface area contributed by atoms with E-state index in [1.165, 1.54) is 36.7 Å². The maximum atomic E-state index is 12.8. The number of hydrogen-bond donors (Lipinski definition) is 2. The van der Waals surface area contributed by atoms with Crippen molar-refractivity contribution in [3.63, 3.8) is 0 Å². The summed E-state index contributed by atoms with van der Waals surface area (Å²) in [6.45, 7) is 3.67. The number of H-pyrrole nitrogens is 1. The van der Waals surface area contributed by atoms with Gasteiger partial charge in [0.2, 0.25) is 0 Å². The minimum atomic E-state index is -4.79. The van der Waals surface area contributed by atoms with Gasteiger partial charge in [0.1, 0.15) is 11.4 Å². The Balaban J connectivity index is 1.83. The van der Waals surface area contributed by atoms with Gasteiger partial charge in [-0.15, -0.1) is 13.2 Å². The summed E-state index contributed by atoms with van der Waals surface area (Å²) in [7, 11) is 0. The van der Waals surface area contributed by atoms with E-state index in [0.717, 1.165) is 6.07 Å². The van der Waals surface area contributed by atoms with Gasteiger partial charge in [-0.2, -0.15) is 0 Å². The zero-order valence-electron chi connectivity index (χ0n) is 16.5. The van der Waals surface area contributed by atoms with Gasteiger partial charge in [0.25, 0.3) is 11.5 Å². The van der Waals surface area contributed by atoms with Crippen LogP contribution in [-0.4, -0.2) is 32.2 Å². The summed E-state index contributed by atoms with van der Waals surface area (Å²) < 4.78 is 40.9. The van der Waals surface area contributed by atoms with E-state index in [1.54, 1.807) is 6.07 Å². The monoisotopic (exact) mass is 433 g/mol. The summed E-state index contributed by atoms with van der Waals surface area (Å²) in [5, 5.41) is 2.76. The molecule has 31 heavy (non-hydrogen) atoms. The predicted molar refractivity (Wildman–Crippen MR) is 104 cm³/mol. The molecule has 0 saturated heterocycles. The fraction of sp³-hybridized carbons (Fsp3) is 0.250. The third kappa shape index (κ3) is 5.87. The molecule has 11 heteroatoms. The third-order valence-corrected chi connectivity index (χ3v) is 4.18. The molecule has 0 aliphatic heterocycles. The van der Waals surface area contributed by atoms with Crippen molar-refractivity contribution in [2.75, 3.05) is 0 Å². The highest BCUT2D eigenvalue weighted by Crippen LogP contribution is 2.27. The van der Waals surface area contributed by atoms with Gasteiger partial charge in [-0.3, -0.25) is 9.59 Å². The highest BCUT2D eigenvalue weighted by atomic mass is 19.4. The second-order valence-electron chi connectivity index (χ2n) is 6.86. The number of halogens is 3. The highest BCUT2D eigenvalue weighted by Gasteiger charge is 2.31. The minimum absolute atomic E-state index is 0.0352. The first-order valence-corrected chi connectivity index (χ1v) is 9.18. The fourth-order valence-electron chi connectivity index (χ4n) is 2.83. The number of hydrogen-bond acceptors (Lipinski definition) is 6. The molecule has 0 spiro atoms. The number of rotatable bonds is 6. The zero-order chi connectivity index (χ0) is 22.6. The van der Waals surface area contributed by atoms with Gasteiger partial charge in [0, 0.05) is 18.5 Å². The summed E-state index contributed by atoms with van der Waals surface area (Å²) >= 11 is 0. The average Bonchev–Trinajstić information content (AvgIpc) is 2.71. The molecular weight excluding hydrogens is 415 g/mol. The van der Waals surface area contributed by atoms with Crippen molar-refractivity contribution < 1.29 is 22.7 Å². The first kappa shape index (κ1) is 21.9. The number of benzene rings is 1. The number of amides is 1. The van der Waals surface area contributed by atoms with Gasteiger partial charge in [0.05, 0.1) is 6.04 Å². The van der Waals surface area contributed by atoms with Crippen LogP contribution >= 0.6 is 0 Å². The number of alkyl halides is 3. The van der Waals surface area contributed by atoms with Crippen LogP contribution in [0.1, 0.15) is 35.9 Å². The van der Waals surface area contributed by atoms with E-state index >= 15 is 0 Å². The molecule has 1 unspecified atom stereocenters. The van der Waals surface area contributed by atoms with Crippen LogP contribution < -0.4 is 15.6 Å². The third-order valence-electron chi connectivity index (χ3n) is 4.18. The van der Waals surface area contributed by atoms with Gasteiger partial charge in [-0.25, -0.2) is 15.0 Å². The summed E-state index contributed by atoms with van der Waals surface area (Å²) in [5.41, 5.74) is -0.138. The fourth-order valence-corrected chi connectivity index (χ4v) is 2.83. The molecule has 3 rings (SSSR count). The van der Waals surface area contributed by atoms with Crippen LogP contribution in [0.25, 0.3) is 11.6 Å². The maximum absolute atomic E-state index is 12.8. The standard InChI is InChI=1S/C20H18F3N5O3/c1-11(2)16(12-4-6-13(7-5-12)31-20(21,22)23)28-19(30)14-10-15(29)27-18(26-14)17-24-8-3-9-25-17/h3-11,16H,1-2H3,(H,28,30)(H,26,27,29). The number of aromatic nitrogens is 4. The topological polar surface area (TPSA) is 110 Å². The molecular formula is C20H18F3N5O3. The molecule has 0 aliphatic rings. The molecule has 2 N–H and O–H groups in total. The van der Waals surface area contributed by atoms with E-state index in [2.05, 4.69) is 30.0 Å². The second-order valence-corrected chi connectivity index (χ2v) is 6.86. The molecule has 0 saturated carbocycles. The Morgan fingerprint density at radius 3 is 2.35 bits per heavy atom. The number of carbonyl (C=O) groups excluding carboxylic acids is 1. The van der Waals surface area contributed by atoms with E-state index in [-0.39, 0.29) is 29.0 Å². The summed E-state index contributed by atoms with van der Waals surface area (Å²) in [5.74, 6) is -0.924. The van der Waals surface area contributed by atoms with E-state index in [0.29, 0.717) is 5.56 Å². The van der Waals surface area contributed by atoms with Crippen molar-refractivity contribution >= 4 is 5.91 Å². The summed E-state index contributed by atoms with van der Waals surface area (Å²) in [6.07, 6.45) is -1.86. The first-order chi connectivity index (χ1) is 14.6. The van der Waals surface area contributed by atoms with Gasteiger partial charge >= 0.3 is 6.36 Å². The van der Waals surface area contributed by atoms with E-state index in [4.69, 9.17) is 0 Å². The van der Waals surface area contributed by atoms with E-state index < -0.39 is 23.9 Å². The largest absolute Gasteiger partial charge is 0.573 e. The zero-order valence-corrected chi connectivity index (χ0v) is 16.5. The van der Waals surface area contributed by atoms with E-state index in [1.807, 2.05) is 13.8 Å². The van der Waals surface area contributed by atoms with Gasteiger partial charge < -0.3 is 15.0 Å². The predicted octanol–water partition coefficient (Wildman–Crippen LogP) is 3.25. The molecule has 8 nitrogen and oxygen atoms in total. The van der Waals surface area contributed by atoms with Gasteiger partial charge in [0.15, 0.2) is 11.6 Å². The quantitative estimate of drug-likeness (QED) is 0.618. The molecule has 162 valence electrons. The molecule has 1 aromatic carbocycles. The Morgan fingerprint density at radius 2 is 1.77 bits per heavy atom. The molecule has 2 heterocycles. The average molecular weight is 433 g/mol. The lowest BCUT2D eigenvalue weighted by Gasteiger charge is -2.23. The Bertz CT molecular complexity index is 1100. The van der Waals surface area contributed by atoms with Gasteiger partial charge in [-0.1, -0.05) is 26.0 Å². The van der Waals surface area contributed by atoms with Crippen molar-refractivity contribution in [2.24, 2.45) is 5.92 Å². The molecule has 2 aromatic heterocycles. The van der Waals surface area contributed by atoms with Crippen LogP contribution in [-0.2, 0) is 0 Å². The molecule has 3 aromatic rings. The van der Waals surface area contributed by atoms with Crippen LogP contribution in [0.15, 0.2) is 53.6 Å². The number of nitrogens with zero attached hydrogens (tertiary/aromatic N) is 3. The molecule has 1 amide bonds. The number of nitrogens with one attached hydrogen (secondary N) is 2. The van der Waals surface area contributed by atoms with Crippen molar-refractivity contribution in [3.8, 4) is 17.4 Å². The summed E-state index contributed by atoms with van der Waals surface area (Å²) in [4.78, 5) is 39.4. The van der Waals surface area contributed by atoms with E-state index in [9.17, 15) is 22.8 Å². The lowest BCUT2D eigenvalue weighted by atomic mass is 9.95. The Morgan fingerprint density at radius 1 is 1.13 bits per heavy atom. The second kappa shape index (κ2) is 8.94. The van der Waals surface area contributed by atoms with Crippen molar-refractivity contribution in [3.05, 3.63) is 70.4 Å². The number of aromatic amines is 1. The van der Waals surface area contributed by atoms with Crippen LogP contribution in [0.5, 0.6) is 5.75 Å². The van der Waals surface area contributed by atoms with Crippen molar-refractivity contribution in [2.45, 2.75) is 26.3 Å². The van der Waals surface area contributed by atoms with Crippen LogP contribution in [0.3, 0.4) is 0 Å². The van der Waals surface area contributed by atoms with Gasteiger partial charge in [-0.05, 0) is 29.7 Å². The number of ether oxygens (including phenoxy) is 1. The molecule has 0 aliphatic carbocycles. The van der Waals surface area contributed by atoms with Crippen molar-refractivity contribution in [1.29, 1.82) is 0 Å². The lowest BCUT2D eigenvalue weighted by molar-refractivity contribution is -0.274. The van der Waals surface area contributed by atoms with Crippen LogP contribution in [0.2, 0.25) is 0 Å². The Labute approximate surface area is 174 Å². The molecule has 1 atom stereocenters. The normalized spacial score (nSPS) is 12.5. The smallest absolute Gasteiger partial charge is 0.406 e. The lowest BCUT2D eigenvalue weighted by Crippen LogP contribution is -2.33. The molecule has 0 fully saturated rings. The highest BCUT2D eigenvalue weighted by molar-refractivity contribution is 5.92. The number of carbonyl (C=O) groups is 1. The molecule has 0 radical (unpaired) electrons. The Kier molecular flexibility index (Phi) is 6.33. The first-order valence-electron chi connectivity index (χ1n) is 9.18. The van der Waals surface area contributed by atoms with Crippen LogP contribution in [0, 0.1) is 5.92 Å². The SMILES string of the molecule is CC(C)C(NC(=O)c1cc(=O)[nH]c(-c2ncccn2)n1)c1ccc(OC(F)(F)F)cc1. The molecule has 0 bridgehead atoms. The van der Waals surface area contributed by atoms with Crippen molar-refractivity contribution in [1.82, 2.24) is 25.3 Å². The maximum Gasteiger partial charge on any atom is 0.573 e. The Hall–Kier alpha value is -3.76.